The zero-order valence-electron chi connectivity index (χ0n) is 20.0. The molecule has 0 aliphatic carbocycles. The van der Waals surface area contributed by atoms with Crippen LogP contribution >= 0.6 is 11.3 Å². The number of hydrogen-bond donors (Lipinski definition) is 3. The molecular formula is C27H30F2N2O4S. The number of Topliss-reactive ketones (excluding diaryl/α,β-unsaturated/α-hetero) is 1. The van der Waals surface area contributed by atoms with Gasteiger partial charge in [-0.15, -0.1) is 11.3 Å². The summed E-state index contributed by atoms with van der Waals surface area (Å²) < 4.78 is 32.8. The highest BCUT2D eigenvalue weighted by Crippen LogP contribution is 2.15. The summed E-state index contributed by atoms with van der Waals surface area (Å²) in [6, 6.07) is 13.6. The number of ether oxygens (including phenoxy) is 1. The number of esters is 1. The maximum atomic E-state index is 13.6. The normalized spacial score (nSPS) is 13.7. The van der Waals surface area contributed by atoms with Crippen molar-refractivity contribution in [3.05, 3.63) is 93.2 Å². The number of aryl methyl sites for hydroxylation is 1. The zero-order chi connectivity index (χ0) is 26.1. The molecule has 36 heavy (non-hydrogen) atoms. The second kappa shape index (κ2) is 13.4. The van der Waals surface area contributed by atoms with Crippen molar-refractivity contribution in [3.63, 3.8) is 0 Å². The average molecular weight is 517 g/mol. The van der Waals surface area contributed by atoms with Gasteiger partial charge < -0.3 is 20.9 Å². The minimum absolute atomic E-state index is 0.0316. The molecule has 1 heterocycles. The monoisotopic (exact) mass is 516 g/mol. The molecule has 0 bridgehead atoms. The van der Waals surface area contributed by atoms with Crippen molar-refractivity contribution >= 4 is 23.1 Å². The Bertz CT molecular complexity index is 1140. The first-order valence-electron chi connectivity index (χ1n) is 11.7. The van der Waals surface area contributed by atoms with E-state index in [1.807, 2.05) is 18.2 Å². The number of nitrogens with two attached hydrogens (primary N) is 1. The number of nitrogens with one attached hydrogen (secondary N) is 1. The summed E-state index contributed by atoms with van der Waals surface area (Å²) in [4.78, 5) is 25.3. The molecule has 9 heteroatoms. The topological polar surface area (TPSA) is 102 Å². The number of aliphatic hydroxyl groups is 1. The zero-order valence-corrected chi connectivity index (χ0v) is 20.8. The summed E-state index contributed by atoms with van der Waals surface area (Å²) in [5.74, 6) is -2.83. The molecule has 1 aromatic heterocycles. The van der Waals surface area contributed by atoms with Crippen LogP contribution in [-0.2, 0) is 28.9 Å². The molecule has 0 aliphatic rings. The maximum absolute atomic E-state index is 13.6. The lowest BCUT2D eigenvalue weighted by Gasteiger charge is -2.26. The molecule has 0 saturated heterocycles. The van der Waals surface area contributed by atoms with Crippen molar-refractivity contribution in [1.29, 1.82) is 0 Å². The Kier molecular flexibility index (Phi) is 10.2. The van der Waals surface area contributed by atoms with Gasteiger partial charge >= 0.3 is 5.97 Å². The Morgan fingerprint density at radius 3 is 2.44 bits per heavy atom. The molecule has 0 amide bonds. The smallest absolute Gasteiger partial charge is 0.335 e. The van der Waals surface area contributed by atoms with Gasteiger partial charge in [0.25, 0.3) is 0 Å². The molecule has 1 unspecified atom stereocenters. The van der Waals surface area contributed by atoms with E-state index >= 15 is 0 Å². The summed E-state index contributed by atoms with van der Waals surface area (Å²) in [5, 5.41) is 15.2. The molecule has 0 spiro atoms. The minimum atomic E-state index is -1.66. The standard InChI is InChI=1S/C27H30F2N2O4S/c1-2-17-5-3-6-18(9-17)15-31-16-25(22(30)12-19-10-20(28)13-21(29)11-19)35-27(34)24(33)14-23(32)26-7-4-8-36-26/h3-11,13,22,24-25,31,33H,2,12,14-16,30H2,1H3/t22?,24-,25+/m0/s1. The summed E-state index contributed by atoms with van der Waals surface area (Å²) >= 11 is 1.21. The van der Waals surface area contributed by atoms with Crippen molar-refractivity contribution in [2.75, 3.05) is 6.54 Å². The predicted octanol–water partition coefficient (Wildman–Crippen LogP) is 3.79. The lowest BCUT2D eigenvalue weighted by Crippen LogP contribution is -2.47. The number of ketones is 1. The summed E-state index contributed by atoms with van der Waals surface area (Å²) in [5.41, 5.74) is 8.81. The Morgan fingerprint density at radius 2 is 1.78 bits per heavy atom. The van der Waals surface area contributed by atoms with Crippen LogP contribution in [0.2, 0.25) is 0 Å². The Morgan fingerprint density at radius 1 is 1.06 bits per heavy atom. The Balaban J connectivity index is 1.66. The lowest BCUT2D eigenvalue weighted by atomic mass is 10.0. The molecule has 0 saturated carbocycles. The highest BCUT2D eigenvalue weighted by atomic mass is 32.1. The molecule has 4 N–H and O–H groups in total. The van der Waals surface area contributed by atoms with E-state index in [1.54, 1.807) is 17.5 Å². The summed E-state index contributed by atoms with van der Waals surface area (Å²) in [7, 11) is 0. The number of carbonyl (C=O) groups is 2. The van der Waals surface area contributed by atoms with Gasteiger partial charge in [-0.2, -0.15) is 0 Å². The first-order valence-corrected chi connectivity index (χ1v) is 12.6. The summed E-state index contributed by atoms with van der Waals surface area (Å²) in [6.45, 7) is 2.67. The lowest BCUT2D eigenvalue weighted by molar-refractivity contribution is -0.159. The van der Waals surface area contributed by atoms with Gasteiger partial charge in [0.2, 0.25) is 0 Å². The molecule has 3 atom stereocenters. The number of hydrogen-bond acceptors (Lipinski definition) is 7. The second-order valence-corrected chi connectivity index (χ2v) is 9.49. The number of halogens is 2. The third-order valence-corrected chi connectivity index (χ3v) is 6.57. The molecule has 6 nitrogen and oxygen atoms in total. The minimum Gasteiger partial charge on any atom is -0.457 e. The van der Waals surface area contributed by atoms with Crippen LogP contribution in [0.25, 0.3) is 0 Å². The van der Waals surface area contributed by atoms with E-state index in [0.29, 0.717) is 17.0 Å². The third-order valence-electron chi connectivity index (χ3n) is 5.66. The summed E-state index contributed by atoms with van der Waals surface area (Å²) in [6.07, 6.45) is -2.09. The van der Waals surface area contributed by atoms with Gasteiger partial charge in [0.15, 0.2) is 11.9 Å². The van der Waals surface area contributed by atoms with Crippen LogP contribution in [0.3, 0.4) is 0 Å². The fourth-order valence-corrected chi connectivity index (χ4v) is 4.43. The molecular weight excluding hydrogens is 486 g/mol. The first kappa shape index (κ1) is 27.6. The average Bonchev–Trinajstić information content (AvgIpc) is 3.38. The van der Waals surface area contributed by atoms with E-state index in [2.05, 4.69) is 18.3 Å². The van der Waals surface area contributed by atoms with Crippen LogP contribution in [0.5, 0.6) is 0 Å². The van der Waals surface area contributed by atoms with E-state index in [1.165, 1.54) is 29.0 Å². The van der Waals surface area contributed by atoms with E-state index in [0.717, 1.165) is 18.1 Å². The quantitative estimate of drug-likeness (QED) is 0.236. The highest BCUT2D eigenvalue weighted by molar-refractivity contribution is 7.12. The Labute approximate surface area is 213 Å². The number of aliphatic hydroxyl groups excluding tert-OH is 1. The largest absolute Gasteiger partial charge is 0.457 e. The number of carbonyl (C=O) groups excluding carboxylic acids is 2. The fourth-order valence-electron chi connectivity index (χ4n) is 3.76. The molecule has 0 aliphatic heterocycles. The second-order valence-electron chi connectivity index (χ2n) is 8.55. The molecule has 3 aromatic rings. The van der Waals surface area contributed by atoms with Crippen molar-refractivity contribution in [2.45, 2.75) is 51.0 Å². The van der Waals surface area contributed by atoms with E-state index in [9.17, 15) is 23.5 Å². The predicted molar refractivity (Wildman–Crippen MR) is 135 cm³/mol. The Hall–Kier alpha value is -2.98. The number of benzene rings is 2. The van der Waals surface area contributed by atoms with Gasteiger partial charge in [-0.25, -0.2) is 13.6 Å². The van der Waals surface area contributed by atoms with E-state index in [-0.39, 0.29) is 18.7 Å². The molecule has 2 aromatic carbocycles. The number of rotatable bonds is 13. The molecule has 0 fully saturated rings. The van der Waals surface area contributed by atoms with Crippen LogP contribution in [0, 0.1) is 11.6 Å². The molecule has 192 valence electrons. The van der Waals surface area contributed by atoms with E-state index < -0.39 is 42.3 Å². The van der Waals surface area contributed by atoms with Crippen molar-refractivity contribution < 1.29 is 28.2 Å². The SMILES string of the molecule is CCc1cccc(CNC[C@@H](OC(=O)[C@@H](O)CC(=O)c2cccs2)C(N)Cc2cc(F)cc(F)c2)c1. The first-order chi connectivity index (χ1) is 17.2. The van der Waals surface area contributed by atoms with Gasteiger partial charge in [-0.05, 0) is 53.1 Å². The van der Waals surface area contributed by atoms with Gasteiger partial charge in [-0.3, -0.25) is 4.79 Å². The van der Waals surface area contributed by atoms with Gasteiger partial charge in [0.05, 0.1) is 4.88 Å². The fraction of sp³-hybridized carbons (Fsp3) is 0.333. The van der Waals surface area contributed by atoms with Gasteiger partial charge in [0, 0.05) is 31.6 Å². The highest BCUT2D eigenvalue weighted by Gasteiger charge is 2.28. The van der Waals surface area contributed by atoms with Crippen LogP contribution in [0.15, 0.2) is 60.0 Å². The molecule has 0 radical (unpaired) electrons. The van der Waals surface area contributed by atoms with Crippen LogP contribution in [0.4, 0.5) is 8.78 Å². The van der Waals surface area contributed by atoms with Gasteiger partial charge in [0.1, 0.15) is 17.7 Å². The van der Waals surface area contributed by atoms with Gasteiger partial charge in [-0.1, -0.05) is 37.3 Å². The van der Waals surface area contributed by atoms with Crippen molar-refractivity contribution in [1.82, 2.24) is 5.32 Å². The van der Waals surface area contributed by atoms with Crippen LogP contribution in [-0.4, -0.2) is 41.7 Å². The maximum Gasteiger partial charge on any atom is 0.335 e. The van der Waals surface area contributed by atoms with Crippen LogP contribution in [0.1, 0.15) is 39.7 Å². The number of thiophene rings is 1. The third kappa shape index (κ3) is 8.30. The van der Waals surface area contributed by atoms with Crippen LogP contribution < -0.4 is 11.1 Å². The van der Waals surface area contributed by atoms with Crippen molar-refractivity contribution in [2.24, 2.45) is 5.73 Å². The molecule has 3 rings (SSSR count). The van der Waals surface area contributed by atoms with Crippen molar-refractivity contribution in [3.8, 4) is 0 Å². The van der Waals surface area contributed by atoms with E-state index in [4.69, 9.17) is 10.5 Å².